The van der Waals surface area contributed by atoms with Crippen molar-refractivity contribution in [3.05, 3.63) is 132 Å². The number of thioether (sulfide) groups is 2. The van der Waals surface area contributed by atoms with Crippen LogP contribution < -0.4 is 0 Å². The molecule has 1 saturated heterocycles. The zero-order valence-electron chi connectivity index (χ0n) is 20.3. The van der Waals surface area contributed by atoms with Gasteiger partial charge >= 0.3 is 12.1 Å². The zero-order chi connectivity index (χ0) is 26.1. The minimum Gasteiger partial charge on any atom is -0.478 e. The van der Waals surface area contributed by atoms with Crippen molar-refractivity contribution in [1.29, 1.82) is 0 Å². The van der Waals surface area contributed by atoms with Crippen LogP contribution >= 0.6 is 23.5 Å². The number of nitrogens with zero attached hydrogens (tertiary/aromatic N) is 1. The molecule has 0 spiro atoms. The number of hydrogen-bond donors (Lipinski definition) is 1. The molecule has 0 aliphatic carbocycles. The van der Waals surface area contributed by atoms with Crippen molar-refractivity contribution in [3.8, 4) is 0 Å². The summed E-state index contributed by atoms with van der Waals surface area (Å²) in [5.74, 6) is -1.02. The summed E-state index contributed by atoms with van der Waals surface area (Å²) in [6.07, 6.45) is 2.89. The van der Waals surface area contributed by atoms with E-state index in [9.17, 15) is 9.59 Å². The SMILES string of the molecule is C=CCOC(=O)N1C[C@@H](SC(c2ccccc2)(c2ccccc2)c2ccccc2)C[C@@H]1SC=CC(=O)O. The number of benzene rings is 3. The lowest BCUT2D eigenvalue weighted by atomic mass is 9.84. The first-order valence-corrected chi connectivity index (χ1v) is 13.8. The van der Waals surface area contributed by atoms with E-state index in [0.29, 0.717) is 13.0 Å². The number of carbonyl (C=O) groups excluding carboxylic acids is 1. The highest BCUT2D eigenvalue weighted by atomic mass is 32.2. The van der Waals surface area contributed by atoms with Crippen molar-refractivity contribution in [2.24, 2.45) is 0 Å². The number of rotatable bonds is 10. The van der Waals surface area contributed by atoms with Gasteiger partial charge in [0.1, 0.15) is 6.61 Å². The van der Waals surface area contributed by atoms with Gasteiger partial charge in [-0.25, -0.2) is 9.59 Å². The Balaban J connectivity index is 1.74. The molecule has 1 aliphatic rings. The van der Waals surface area contributed by atoms with Gasteiger partial charge in [0.05, 0.1) is 10.1 Å². The maximum Gasteiger partial charge on any atom is 0.411 e. The van der Waals surface area contributed by atoms with Gasteiger partial charge in [-0.2, -0.15) is 0 Å². The number of likely N-dealkylation sites (tertiary alicyclic amines) is 1. The molecule has 1 amide bonds. The molecule has 1 N–H and O–H groups in total. The molecular formula is C30H29NO4S2. The van der Waals surface area contributed by atoms with E-state index in [1.54, 1.807) is 4.90 Å². The van der Waals surface area contributed by atoms with E-state index < -0.39 is 16.8 Å². The van der Waals surface area contributed by atoms with Crippen molar-refractivity contribution < 1.29 is 19.4 Å². The zero-order valence-corrected chi connectivity index (χ0v) is 21.9. The molecule has 0 saturated carbocycles. The maximum atomic E-state index is 12.9. The number of amides is 1. The summed E-state index contributed by atoms with van der Waals surface area (Å²) in [7, 11) is 0. The Labute approximate surface area is 226 Å². The van der Waals surface area contributed by atoms with Gasteiger partial charge < -0.3 is 9.84 Å². The normalized spacial score (nSPS) is 17.6. The Morgan fingerprint density at radius 1 is 0.946 bits per heavy atom. The van der Waals surface area contributed by atoms with Crippen LogP contribution in [-0.2, 0) is 14.3 Å². The summed E-state index contributed by atoms with van der Waals surface area (Å²) >= 11 is 3.15. The highest BCUT2D eigenvalue weighted by molar-refractivity contribution is 8.03. The van der Waals surface area contributed by atoms with E-state index >= 15 is 0 Å². The van der Waals surface area contributed by atoms with Crippen molar-refractivity contribution in [1.82, 2.24) is 4.90 Å². The Kier molecular flexibility index (Phi) is 9.14. The Hall–Kier alpha value is -3.42. The van der Waals surface area contributed by atoms with Gasteiger partial charge in [-0.05, 0) is 28.5 Å². The van der Waals surface area contributed by atoms with E-state index in [1.807, 2.05) is 30.0 Å². The average molecular weight is 532 g/mol. The fourth-order valence-corrected chi connectivity index (χ4v) is 7.53. The van der Waals surface area contributed by atoms with Crippen molar-refractivity contribution in [3.63, 3.8) is 0 Å². The fraction of sp³-hybridized carbons (Fsp3) is 0.200. The first kappa shape index (κ1) is 26.6. The van der Waals surface area contributed by atoms with Crippen LogP contribution in [0.3, 0.4) is 0 Å². The molecular weight excluding hydrogens is 502 g/mol. The van der Waals surface area contributed by atoms with Gasteiger partial charge in [-0.1, -0.05) is 104 Å². The molecule has 37 heavy (non-hydrogen) atoms. The summed E-state index contributed by atoms with van der Waals surface area (Å²) in [5.41, 5.74) is 3.46. The van der Waals surface area contributed by atoms with Crippen LogP contribution in [-0.4, -0.2) is 45.8 Å². The van der Waals surface area contributed by atoms with Gasteiger partial charge in [-0.15, -0.1) is 23.5 Å². The van der Waals surface area contributed by atoms with Crippen LogP contribution in [0.15, 0.2) is 115 Å². The number of carboxylic acids is 1. The molecule has 7 heteroatoms. The Morgan fingerprint density at radius 2 is 1.46 bits per heavy atom. The lowest BCUT2D eigenvalue weighted by Gasteiger charge is -2.37. The monoisotopic (exact) mass is 531 g/mol. The van der Waals surface area contributed by atoms with Gasteiger partial charge in [0.2, 0.25) is 0 Å². The highest BCUT2D eigenvalue weighted by Crippen LogP contribution is 2.52. The number of hydrogen-bond acceptors (Lipinski definition) is 5. The predicted molar refractivity (Wildman–Crippen MR) is 152 cm³/mol. The molecule has 1 aliphatic heterocycles. The van der Waals surface area contributed by atoms with Gasteiger partial charge in [0.15, 0.2) is 0 Å². The first-order valence-electron chi connectivity index (χ1n) is 12.0. The molecule has 0 unspecified atom stereocenters. The van der Waals surface area contributed by atoms with Crippen molar-refractivity contribution in [2.45, 2.75) is 21.8 Å². The molecule has 0 radical (unpaired) electrons. The van der Waals surface area contributed by atoms with Gasteiger partial charge in [-0.3, -0.25) is 4.90 Å². The van der Waals surface area contributed by atoms with Crippen LogP contribution in [0.2, 0.25) is 0 Å². The smallest absolute Gasteiger partial charge is 0.411 e. The summed E-state index contributed by atoms with van der Waals surface area (Å²) in [4.78, 5) is 25.7. The van der Waals surface area contributed by atoms with E-state index in [-0.39, 0.29) is 17.2 Å². The molecule has 3 aromatic carbocycles. The second-order valence-corrected chi connectivity index (χ2v) is 11.1. The van der Waals surface area contributed by atoms with E-state index in [0.717, 1.165) is 22.8 Å². The van der Waals surface area contributed by atoms with Gasteiger partial charge in [0.25, 0.3) is 0 Å². The topological polar surface area (TPSA) is 66.8 Å². The lowest BCUT2D eigenvalue weighted by Crippen LogP contribution is -2.35. The molecule has 1 heterocycles. The minimum atomic E-state index is -1.02. The molecule has 2 atom stereocenters. The van der Waals surface area contributed by atoms with E-state index in [1.165, 1.54) is 23.2 Å². The second-order valence-electron chi connectivity index (χ2n) is 8.50. The third kappa shape index (κ3) is 6.29. The van der Waals surface area contributed by atoms with Crippen LogP contribution in [0.5, 0.6) is 0 Å². The summed E-state index contributed by atoms with van der Waals surface area (Å²) < 4.78 is 4.86. The van der Waals surface area contributed by atoms with Gasteiger partial charge in [0, 0.05) is 17.9 Å². The number of carbonyl (C=O) groups is 2. The molecule has 1 fully saturated rings. The number of ether oxygens (including phenoxy) is 1. The Bertz CT molecular complexity index is 1120. The molecule has 3 aromatic rings. The summed E-state index contributed by atoms with van der Waals surface area (Å²) in [6, 6.07) is 31.3. The van der Waals surface area contributed by atoms with Crippen LogP contribution in [0.4, 0.5) is 4.79 Å². The molecule has 0 bridgehead atoms. The first-order chi connectivity index (χ1) is 18.0. The number of carboxylic acid groups (broad SMARTS) is 1. The third-order valence-corrected chi connectivity index (χ3v) is 8.89. The third-order valence-electron chi connectivity index (χ3n) is 6.10. The van der Waals surface area contributed by atoms with Crippen molar-refractivity contribution >= 4 is 35.6 Å². The molecule has 190 valence electrons. The molecule has 4 rings (SSSR count). The standard InChI is InChI=1S/C30H29NO4S2/c1-2-19-35-29(34)31-22-26(21-27(31)36-20-18-28(32)33)37-30(23-12-6-3-7-13-23,24-14-8-4-9-15-24)25-16-10-5-11-17-25/h2-18,20,26-27H,1,19,21-22H2,(H,32,33)/t26-,27-/m0/s1. The van der Waals surface area contributed by atoms with Crippen LogP contribution in [0.25, 0.3) is 0 Å². The lowest BCUT2D eigenvalue weighted by molar-refractivity contribution is -0.131. The molecule has 5 nitrogen and oxygen atoms in total. The quantitative estimate of drug-likeness (QED) is 0.177. The largest absolute Gasteiger partial charge is 0.478 e. The predicted octanol–water partition coefficient (Wildman–Crippen LogP) is 6.77. The highest BCUT2D eigenvalue weighted by Gasteiger charge is 2.44. The maximum absolute atomic E-state index is 12.9. The second kappa shape index (κ2) is 12.7. The van der Waals surface area contributed by atoms with E-state index in [2.05, 4.69) is 79.4 Å². The average Bonchev–Trinajstić information content (AvgIpc) is 3.34. The number of aliphatic carboxylic acids is 1. The van der Waals surface area contributed by atoms with Crippen LogP contribution in [0, 0.1) is 0 Å². The van der Waals surface area contributed by atoms with Crippen LogP contribution in [0.1, 0.15) is 23.1 Å². The molecule has 0 aromatic heterocycles. The minimum absolute atomic E-state index is 0.0626. The fourth-order valence-electron chi connectivity index (χ4n) is 4.54. The van der Waals surface area contributed by atoms with E-state index in [4.69, 9.17) is 9.84 Å². The summed E-state index contributed by atoms with van der Waals surface area (Å²) in [5, 5.41) is 10.4. The van der Waals surface area contributed by atoms with Crippen molar-refractivity contribution in [2.75, 3.05) is 13.2 Å². The summed E-state index contributed by atoms with van der Waals surface area (Å²) in [6.45, 7) is 4.23. The Morgan fingerprint density at radius 3 is 1.92 bits per heavy atom.